The molecule has 25 nitrogen and oxygen atoms in total. The average molecular weight is 1580 g/mol. The van der Waals surface area contributed by atoms with Gasteiger partial charge in [-0.2, -0.15) is 0 Å². The number of rotatable bonds is 22. The summed E-state index contributed by atoms with van der Waals surface area (Å²) in [5.41, 5.74) is 31.0. The van der Waals surface area contributed by atoms with Crippen molar-refractivity contribution in [3.05, 3.63) is 292 Å². The van der Waals surface area contributed by atoms with Crippen molar-refractivity contribution in [3.63, 3.8) is 0 Å². The van der Waals surface area contributed by atoms with Crippen molar-refractivity contribution in [1.82, 2.24) is 28.1 Å². The fourth-order valence-corrected chi connectivity index (χ4v) is 15.5. The number of carbonyl (C=O) groups is 8. The Morgan fingerprint density at radius 2 is 0.814 bits per heavy atom. The van der Waals surface area contributed by atoms with Crippen LogP contribution < -0.4 is 52.8 Å². The highest BCUT2D eigenvalue weighted by molar-refractivity contribution is 6.08. The molecule has 0 saturated heterocycles. The third-order valence-electron chi connectivity index (χ3n) is 21.9. The van der Waals surface area contributed by atoms with Crippen LogP contribution in [0.2, 0.25) is 0 Å². The zero-order valence-corrected chi connectivity index (χ0v) is 66.4. The Kier molecular flexibility index (Phi) is 22.9. The fraction of sp³-hybridized carbons (Fsp3) is 0.215. The van der Waals surface area contributed by atoms with Crippen LogP contribution in [0.1, 0.15) is 134 Å². The molecule has 0 aliphatic carbocycles. The van der Waals surface area contributed by atoms with Crippen LogP contribution in [0.4, 0.5) is 51.2 Å². The molecular formula is C93H91N15O10. The number of benzene rings is 8. The normalized spacial score (nSPS) is 14.3. The number of aliphatic imine (C=N–C) groups is 1. The third kappa shape index (κ3) is 17.9. The lowest BCUT2D eigenvalue weighted by atomic mass is 9.92. The van der Waals surface area contributed by atoms with Gasteiger partial charge < -0.3 is 80.9 Å². The zero-order chi connectivity index (χ0) is 82.4. The van der Waals surface area contributed by atoms with Gasteiger partial charge in [-0.15, -0.1) is 0 Å². The van der Waals surface area contributed by atoms with Crippen LogP contribution in [-0.4, -0.2) is 107 Å². The Morgan fingerprint density at radius 1 is 0.415 bits per heavy atom. The molecule has 2 atom stereocenters. The summed E-state index contributed by atoms with van der Waals surface area (Å²) in [7, 11) is 7.11. The molecule has 598 valence electrons. The molecular weight excluding hydrogens is 1490 g/mol. The number of nitrogens with one attached hydrogen (secondary N) is 6. The number of nitrogen functional groups attached to an aromatic ring is 2. The minimum absolute atomic E-state index is 0.0438. The maximum Gasteiger partial charge on any atom is 0.272 e. The van der Waals surface area contributed by atoms with Crippen LogP contribution in [0.3, 0.4) is 0 Å². The van der Waals surface area contributed by atoms with E-state index in [1.807, 2.05) is 129 Å². The monoisotopic (exact) mass is 1580 g/mol. The van der Waals surface area contributed by atoms with Gasteiger partial charge in [0.05, 0.1) is 41.9 Å². The Labute approximate surface area is 682 Å². The average Bonchev–Trinajstić information content (AvgIpc) is 1.59. The first-order valence-electron chi connectivity index (χ1n) is 39.2. The molecule has 118 heavy (non-hydrogen) atoms. The molecule has 4 aromatic heterocycles. The molecule has 0 fully saturated rings. The summed E-state index contributed by atoms with van der Waals surface area (Å²) in [4.78, 5) is 114. The Morgan fingerprint density at radius 3 is 1.29 bits per heavy atom. The highest BCUT2D eigenvalue weighted by Gasteiger charge is 2.36. The highest BCUT2D eigenvalue weighted by atomic mass is 16.5. The van der Waals surface area contributed by atoms with E-state index in [0.717, 1.165) is 81.5 Å². The molecule has 12 aromatic rings. The molecule has 25 heteroatoms. The molecule has 8 aromatic carbocycles. The maximum atomic E-state index is 13.7. The number of anilines is 8. The fourth-order valence-electron chi connectivity index (χ4n) is 15.5. The lowest BCUT2D eigenvalue weighted by Crippen LogP contribution is -2.44. The van der Waals surface area contributed by atoms with E-state index in [1.54, 1.807) is 136 Å². The zero-order valence-electron chi connectivity index (χ0n) is 66.4. The van der Waals surface area contributed by atoms with Gasteiger partial charge in [0.2, 0.25) is 11.8 Å². The molecule has 0 radical (unpaired) electrons. The lowest BCUT2D eigenvalue weighted by molar-refractivity contribution is -0.117. The van der Waals surface area contributed by atoms with Gasteiger partial charge >= 0.3 is 0 Å². The van der Waals surface area contributed by atoms with Crippen LogP contribution >= 0.6 is 0 Å². The van der Waals surface area contributed by atoms with Crippen molar-refractivity contribution in [1.29, 1.82) is 0 Å². The molecule has 0 spiro atoms. The van der Waals surface area contributed by atoms with Crippen molar-refractivity contribution < 1.29 is 47.8 Å². The first-order chi connectivity index (χ1) is 57.0. The third-order valence-corrected chi connectivity index (χ3v) is 21.9. The van der Waals surface area contributed by atoms with Crippen LogP contribution in [0, 0.1) is 13.8 Å². The van der Waals surface area contributed by atoms with Gasteiger partial charge in [-0.25, -0.2) is 0 Å². The number of hydrogen-bond acceptors (Lipinski definition) is 13. The number of amides is 8. The molecule has 0 bridgehead atoms. The van der Waals surface area contributed by atoms with E-state index in [-0.39, 0.29) is 72.2 Å². The predicted octanol–water partition coefficient (Wildman–Crippen LogP) is 15.2. The van der Waals surface area contributed by atoms with E-state index in [1.165, 1.54) is 16.7 Å². The summed E-state index contributed by atoms with van der Waals surface area (Å²) >= 11 is 0. The lowest BCUT2D eigenvalue weighted by Gasteiger charge is -2.36. The van der Waals surface area contributed by atoms with Crippen molar-refractivity contribution in [2.45, 2.75) is 90.4 Å². The smallest absolute Gasteiger partial charge is 0.272 e. The quantitative estimate of drug-likeness (QED) is 0.0232. The molecule has 0 unspecified atom stereocenters. The number of nitrogens with two attached hydrogens (primary N) is 2. The van der Waals surface area contributed by atoms with Crippen molar-refractivity contribution in [2.24, 2.45) is 33.2 Å². The molecule has 4 aliphatic heterocycles. The standard InChI is InChI=1S/C47H47N7O5.C46H44N8O5/c1-29-21-40-32(12-19-39-22-31-7-4-5-8-33(31)27-54(39)47(40)58)24-43(29)59-20-6-9-44(55)49-38-25-42(53(3)28-38)46(57)50-36-15-10-30(11-16-36)34-23-41(52(2)26-34)45(56)51-37-17-13-35(48)14-18-37;1-28-19-38-39(48-24-37-20-30-7-4-5-8-31(30)26-54(37)46(38)58)23-42(28)59-18-6-9-43(55)49-36-22-41(53(3)27-36)45(57)50-34-14-10-29(11-15-34)32-21-40(52(2)25-32)44(56)51-35-16-12-33(47)13-17-35/h4-5,7-8,10-11,13-18,21,23-26,28,39H,6,9,12,19-20,22,27,48H2,1-3H3,(H,49,55)(H,50,57)(H,51,56);4-5,7-8,10-17,19,21-25,27,37H,6,9,18,20,26,47H2,1-3H3,(H,49,55)(H,50,57)(H,51,56)/t39-;37-/m10/s1. The summed E-state index contributed by atoms with van der Waals surface area (Å²) in [5, 5.41) is 17.4. The van der Waals surface area contributed by atoms with Crippen LogP contribution in [-0.2, 0) is 70.1 Å². The number of aromatic nitrogens is 4. The topological polar surface area (TPSA) is 318 Å². The number of nitrogens with zero attached hydrogens (tertiary/aromatic N) is 7. The van der Waals surface area contributed by atoms with Gasteiger partial charge in [0.25, 0.3) is 35.4 Å². The minimum Gasteiger partial charge on any atom is -0.493 e. The largest absolute Gasteiger partial charge is 0.493 e. The van der Waals surface area contributed by atoms with Crippen LogP contribution in [0.5, 0.6) is 11.5 Å². The van der Waals surface area contributed by atoms with Crippen LogP contribution in [0.25, 0.3) is 22.3 Å². The van der Waals surface area contributed by atoms with E-state index >= 15 is 0 Å². The minimum atomic E-state index is -0.335. The number of hydrogen-bond donors (Lipinski definition) is 8. The number of ether oxygens (including phenoxy) is 2. The van der Waals surface area contributed by atoms with Gasteiger partial charge in [0.15, 0.2) is 0 Å². The Bertz CT molecular complexity index is 5910. The molecule has 4 aliphatic rings. The SMILES string of the molecule is Cc1cc2c(cc1OCCCC(=O)Nc1cc(C(=O)Nc3ccc(-c4cc(C(=O)Nc5ccc(N)cc5)n(C)c4)cc3)n(C)c1)CC[C@@H]1Cc3ccccc3CN1C2=O.Cc1cc2c(cc1OCCCC(=O)Nc1cc(C(=O)Nc3ccc(-c4cc(C(=O)Nc5ccc(N)cc5)n(C)c4)cc3)n(C)c1)N=C[C@@H]1Cc3ccccc3CN1C2=O. The van der Waals surface area contributed by atoms with E-state index in [2.05, 4.69) is 62.2 Å². The molecule has 0 saturated carbocycles. The second-order valence-corrected chi connectivity index (χ2v) is 30.4. The first kappa shape index (κ1) is 78.8. The van der Waals surface area contributed by atoms with E-state index in [4.69, 9.17) is 25.9 Å². The maximum absolute atomic E-state index is 13.7. The second kappa shape index (κ2) is 34.3. The number of fused-ring (bicyclic) bond motifs is 6. The predicted molar refractivity (Wildman–Crippen MR) is 459 cm³/mol. The van der Waals surface area contributed by atoms with Crippen LogP contribution in [0.15, 0.2) is 224 Å². The first-order valence-corrected chi connectivity index (χ1v) is 39.2. The van der Waals surface area contributed by atoms with E-state index in [0.29, 0.717) is 124 Å². The summed E-state index contributed by atoms with van der Waals surface area (Å²) < 4.78 is 19.1. The number of carbonyl (C=O) groups excluding carboxylic acids is 8. The molecule has 16 rings (SSSR count). The van der Waals surface area contributed by atoms with Crippen molar-refractivity contribution in [2.75, 3.05) is 56.6 Å². The summed E-state index contributed by atoms with van der Waals surface area (Å²) in [6, 6.07) is 59.8. The summed E-state index contributed by atoms with van der Waals surface area (Å²) in [6.45, 7) is 5.68. The number of aryl methyl sites for hydroxylation is 7. The summed E-state index contributed by atoms with van der Waals surface area (Å²) in [6.07, 6.45) is 13.7. The molecule has 8 heterocycles. The van der Waals surface area contributed by atoms with Gasteiger partial charge in [-0.3, -0.25) is 43.3 Å². The van der Waals surface area contributed by atoms with E-state index < -0.39 is 0 Å². The molecule has 8 amide bonds. The van der Waals surface area contributed by atoms with Gasteiger partial charge in [0, 0.05) is 148 Å². The molecule has 10 N–H and O–H groups in total. The van der Waals surface area contributed by atoms with Crippen molar-refractivity contribution in [3.8, 4) is 33.8 Å². The van der Waals surface area contributed by atoms with E-state index in [9.17, 15) is 38.4 Å². The van der Waals surface area contributed by atoms with Crippen molar-refractivity contribution >= 4 is 105 Å². The Balaban J connectivity index is 0.000000185. The van der Waals surface area contributed by atoms with Gasteiger partial charge in [-0.1, -0.05) is 72.8 Å². The van der Waals surface area contributed by atoms with Gasteiger partial charge in [0.1, 0.15) is 34.3 Å². The summed E-state index contributed by atoms with van der Waals surface area (Å²) in [5.74, 6) is -0.146. The Hall–Kier alpha value is -14.5. The second-order valence-electron chi connectivity index (χ2n) is 30.4. The van der Waals surface area contributed by atoms with Gasteiger partial charge in [-0.05, 0) is 218 Å². The highest BCUT2D eigenvalue weighted by Crippen LogP contribution is 2.38.